The van der Waals surface area contributed by atoms with E-state index in [1.165, 1.54) is 23.8 Å². The molecule has 1 aliphatic carbocycles. The standard InChI is InChI=1S/C20H18N2O/c23-17(10-14-4-3-9-21-12-14)11-16-13-22-19-6-2-1-5-18(19)20(16)15-7-8-15/h1-6,9,12-13,15H,7-8,10-11H2. The number of hydrogen-bond donors (Lipinski definition) is 0. The van der Waals surface area contributed by atoms with Crippen molar-refractivity contribution >= 4 is 16.7 Å². The predicted molar refractivity (Wildman–Crippen MR) is 90.4 cm³/mol. The molecule has 0 bridgehead atoms. The molecule has 0 spiro atoms. The lowest BCUT2D eigenvalue weighted by Gasteiger charge is -2.11. The van der Waals surface area contributed by atoms with E-state index in [2.05, 4.69) is 22.1 Å². The highest BCUT2D eigenvalue weighted by atomic mass is 16.1. The molecule has 0 atom stereocenters. The van der Waals surface area contributed by atoms with Crippen LogP contribution >= 0.6 is 0 Å². The maximum Gasteiger partial charge on any atom is 0.141 e. The largest absolute Gasteiger partial charge is 0.299 e. The number of benzene rings is 1. The highest BCUT2D eigenvalue weighted by Gasteiger charge is 2.28. The van der Waals surface area contributed by atoms with Crippen LogP contribution in [-0.4, -0.2) is 15.8 Å². The van der Waals surface area contributed by atoms with Crippen LogP contribution in [-0.2, 0) is 17.6 Å². The molecule has 114 valence electrons. The highest BCUT2D eigenvalue weighted by molar-refractivity contribution is 5.88. The Hall–Kier alpha value is -2.55. The van der Waals surface area contributed by atoms with Crippen molar-refractivity contribution in [1.82, 2.24) is 9.97 Å². The lowest BCUT2D eigenvalue weighted by atomic mass is 9.95. The molecule has 4 rings (SSSR count). The number of para-hydroxylation sites is 1. The first-order chi connectivity index (χ1) is 11.3. The van der Waals surface area contributed by atoms with Crippen molar-refractivity contribution in [2.45, 2.75) is 31.6 Å². The zero-order valence-corrected chi connectivity index (χ0v) is 12.9. The number of ketones is 1. The summed E-state index contributed by atoms with van der Waals surface area (Å²) < 4.78 is 0. The monoisotopic (exact) mass is 302 g/mol. The van der Waals surface area contributed by atoms with Gasteiger partial charge in [-0.15, -0.1) is 0 Å². The van der Waals surface area contributed by atoms with Crippen LogP contribution in [0, 0.1) is 0 Å². The van der Waals surface area contributed by atoms with Gasteiger partial charge in [-0.2, -0.15) is 0 Å². The molecule has 2 heterocycles. The van der Waals surface area contributed by atoms with E-state index in [-0.39, 0.29) is 5.78 Å². The Labute approximate surface area is 135 Å². The van der Waals surface area contributed by atoms with Crippen molar-refractivity contribution in [1.29, 1.82) is 0 Å². The Kier molecular flexibility index (Phi) is 3.62. The van der Waals surface area contributed by atoms with Crippen molar-refractivity contribution in [3.63, 3.8) is 0 Å². The van der Waals surface area contributed by atoms with Gasteiger partial charge in [0, 0.05) is 36.8 Å². The topological polar surface area (TPSA) is 42.9 Å². The van der Waals surface area contributed by atoms with Gasteiger partial charge in [0.25, 0.3) is 0 Å². The zero-order valence-electron chi connectivity index (χ0n) is 12.9. The molecule has 0 unspecified atom stereocenters. The molecule has 0 amide bonds. The van der Waals surface area contributed by atoms with Crippen molar-refractivity contribution in [3.8, 4) is 0 Å². The van der Waals surface area contributed by atoms with Crippen LogP contribution in [0.5, 0.6) is 0 Å². The number of nitrogens with zero attached hydrogens (tertiary/aromatic N) is 2. The molecular formula is C20H18N2O. The van der Waals surface area contributed by atoms with E-state index in [0.717, 1.165) is 16.6 Å². The van der Waals surface area contributed by atoms with E-state index in [0.29, 0.717) is 18.8 Å². The molecule has 1 aromatic carbocycles. The van der Waals surface area contributed by atoms with Crippen LogP contribution in [0.25, 0.3) is 10.9 Å². The fourth-order valence-electron chi connectivity index (χ4n) is 3.20. The maximum absolute atomic E-state index is 12.5. The smallest absolute Gasteiger partial charge is 0.141 e. The van der Waals surface area contributed by atoms with Crippen LogP contribution in [0.15, 0.2) is 55.0 Å². The third kappa shape index (κ3) is 3.00. The average molecular weight is 302 g/mol. The minimum atomic E-state index is 0.219. The first-order valence-electron chi connectivity index (χ1n) is 8.08. The molecule has 0 N–H and O–H groups in total. The summed E-state index contributed by atoms with van der Waals surface area (Å²) in [5, 5.41) is 1.21. The molecule has 0 radical (unpaired) electrons. The van der Waals surface area contributed by atoms with Crippen molar-refractivity contribution in [2.24, 2.45) is 0 Å². The van der Waals surface area contributed by atoms with Gasteiger partial charge in [0.15, 0.2) is 0 Å². The SMILES string of the molecule is O=C(Cc1cccnc1)Cc1cnc2ccccc2c1C1CC1. The number of fused-ring (bicyclic) bond motifs is 1. The van der Waals surface area contributed by atoms with Crippen LogP contribution in [0.3, 0.4) is 0 Å². The summed E-state index contributed by atoms with van der Waals surface area (Å²) in [4.78, 5) is 21.1. The number of rotatable bonds is 5. The third-order valence-electron chi connectivity index (χ3n) is 4.40. The lowest BCUT2D eigenvalue weighted by Crippen LogP contribution is -2.09. The molecule has 1 saturated carbocycles. The van der Waals surface area contributed by atoms with Crippen LogP contribution in [0.2, 0.25) is 0 Å². The molecule has 0 saturated heterocycles. The average Bonchev–Trinajstić information content (AvgIpc) is 3.40. The number of pyridine rings is 2. The van der Waals surface area contributed by atoms with Gasteiger partial charge in [-0.05, 0) is 47.6 Å². The lowest BCUT2D eigenvalue weighted by molar-refractivity contribution is -0.117. The summed E-state index contributed by atoms with van der Waals surface area (Å²) in [5.74, 6) is 0.820. The number of carbonyl (C=O) groups excluding carboxylic acids is 1. The van der Waals surface area contributed by atoms with Crippen LogP contribution in [0.4, 0.5) is 0 Å². The normalized spacial score (nSPS) is 14.1. The highest BCUT2D eigenvalue weighted by Crippen LogP contribution is 2.44. The number of aromatic nitrogens is 2. The fraction of sp³-hybridized carbons (Fsp3) is 0.250. The first kappa shape index (κ1) is 14.1. The quantitative estimate of drug-likeness (QED) is 0.718. The summed E-state index contributed by atoms with van der Waals surface area (Å²) >= 11 is 0. The Bertz CT molecular complexity index is 854. The Balaban J connectivity index is 1.63. The summed E-state index contributed by atoms with van der Waals surface area (Å²) in [6, 6.07) is 12.1. The molecule has 0 aliphatic heterocycles. The van der Waals surface area contributed by atoms with Crippen molar-refractivity contribution in [3.05, 3.63) is 71.7 Å². The van der Waals surface area contributed by atoms with Crippen LogP contribution < -0.4 is 0 Å². The molecule has 3 heteroatoms. The molecule has 3 aromatic rings. The summed E-state index contributed by atoms with van der Waals surface area (Å²) in [6.45, 7) is 0. The van der Waals surface area contributed by atoms with Gasteiger partial charge in [-0.1, -0.05) is 24.3 Å². The van der Waals surface area contributed by atoms with Gasteiger partial charge in [0.05, 0.1) is 5.52 Å². The minimum absolute atomic E-state index is 0.219. The van der Waals surface area contributed by atoms with Gasteiger partial charge >= 0.3 is 0 Å². The minimum Gasteiger partial charge on any atom is -0.299 e. The number of Topliss-reactive ketones (excluding diaryl/α,β-unsaturated/α-hetero) is 1. The van der Waals surface area contributed by atoms with Crippen LogP contribution in [0.1, 0.15) is 35.4 Å². The van der Waals surface area contributed by atoms with E-state index in [1.54, 1.807) is 12.4 Å². The molecular weight excluding hydrogens is 284 g/mol. The Morgan fingerprint density at radius 2 is 1.91 bits per heavy atom. The van der Waals surface area contributed by atoms with E-state index >= 15 is 0 Å². The van der Waals surface area contributed by atoms with Crippen molar-refractivity contribution < 1.29 is 4.79 Å². The third-order valence-corrected chi connectivity index (χ3v) is 4.40. The van der Waals surface area contributed by atoms with E-state index in [9.17, 15) is 4.79 Å². The molecule has 23 heavy (non-hydrogen) atoms. The predicted octanol–water partition coefficient (Wildman–Crippen LogP) is 3.86. The molecule has 3 nitrogen and oxygen atoms in total. The zero-order chi connectivity index (χ0) is 15.6. The summed E-state index contributed by atoms with van der Waals surface area (Å²) in [7, 11) is 0. The van der Waals surface area contributed by atoms with Crippen molar-refractivity contribution in [2.75, 3.05) is 0 Å². The van der Waals surface area contributed by atoms with Gasteiger partial charge in [-0.3, -0.25) is 14.8 Å². The number of hydrogen-bond acceptors (Lipinski definition) is 3. The second-order valence-electron chi connectivity index (χ2n) is 6.24. The Morgan fingerprint density at radius 1 is 1.04 bits per heavy atom. The van der Waals surface area contributed by atoms with E-state index < -0.39 is 0 Å². The van der Waals surface area contributed by atoms with Gasteiger partial charge in [0.1, 0.15) is 5.78 Å². The molecule has 2 aromatic heterocycles. The molecule has 1 aliphatic rings. The van der Waals surface area contributed by atoms with E-state index in [1.807, 2.05) is 30.5 Å². The maximum atomic E-state index is 12.5. The Morgan fingerprint density at radius 3 is 2.70 bits per heavy atom. The second-order valence-corrected chi connectivity index (χ2v) is 6.24. The number of carbonyl (C=O) groups is 1. The van der Waals surface area contributed by atoms with Gasteiger partial charge in [-0.25, -0.2) is 0 Å². The van der Waals surface area contributed by atoms with Gasteiger partial charge in [0.2, 0.25) is 0 Å². The fourth-order valence-corrected chi connectivity index (χ4v) is 3.20. The van der Waals surface area contributed by atoms with Gasteiger partial charge < -0.3 is 0 Å². The summed E-state index contributed by atoms with van der Waals surface area (Å²) in [5.41, 5.74) is 4.44. The van der Waals surface area contributed by atoms with E-state index in [4.69, 9.17) is 0 Å². The summed E-state index contributed by atoms with van der Waals surface area (Å²) in [6.07, 6.45) is 8.72. The molecule has 1 fully saturated rings. The first-order valence-corrected chi connectivity index (χ1v) is 8.08. The second kappa shape index (κ2) is 5.92.